The van der Waals surface area contributed by atoms with E-state index in [0.717, 1.165) is 32.2 Å². The first-order chi connectivity index (χ1) is 18.7. The third-order valence-corrected chi connectivity index (χ3v) is 8.76. The van der Waals surface area contributed by atoms with Crippen molar-refractivity contribution in [2.45, 2.75) is 96.9 Å². The summed E-state index contributed by atoms with van der Waals surface area (Å²) in [5.41, 5.74) is 2.74. The molecule has 2 fully saturated rings. The number of carbonyl (C=O) groups excluding carboxylic acids is 3. The molecular formula is C29H38F2N4O4S. The zero-order chi connectivity index (χ0) is 29.6. The molecule has 4 rings (SSSR count). The summed E-state index contributed by atoms with van der Waals surface area (Å²) < 4.78 is 29.7. The molecule has 0 radical (unpaired) electrons. The van der Waals surface area contributed by atoms with Crippen LogP contribution in [0.15, 0.2) is 23.7 Å². The molecule has 218 valence electrons. The largest absolute Gasteiger partial charge is 0.388 e. The predicted molar refractivity (Wildman–Crippen MR) is 149 cm³/mol. The molecule has 3 N–H and O–H groups in total. The highest BCUT2D eigenvalue weighted by Crippen LogP contribution is 2.40. The third-order valence-electron chi connectivity index (χ3n) is 7.78. The number of hydrogen-bond acceptors (Lipinski definition) is 6. The average Bonchev–Trinajstić information content (AvgIpc) is 3.38. The minimum Gasteiger partial charge on any atom is -0.388 e. The molecule has 5 atom stereocenters. The third kappa shape index (κ3) is 5.90. The maximum atomic E-state index is 15.3. The van der Waals surface area contributed by atoms with Gasteiger partial charge in [-0.3, -0.25) is 14.4 Å². The van der Waals surface area contributed by atoms with Crippen LogP contribution in [0.3, 0.4) is 0 Å². The monoisotopic (exact) mass is 576 g/mol. The van der Waals surface area contributed by atoms with Gasteiger partial charge in [-0.25, -0.2) is 13.8 Å². The Balaban J connectivity index is 1.54. The number of aryl methyl sites for hydroxylation is 2. The van der Waals surface area contributed by atoms with Gasteiger partial charge in [0.15, 0.2) is 11.8 Å². The summed E-state index contributed by atoms with van der Waals surface area (Å²) >= 11 is 1.55. The zero-order valence-corrected chi connectivity index (χ0v) is 24.6. The number of amides is 3. The van der Waals surface area contributed by atoms with Crippen molar-refractivity contribution >= 4 is 29.1 Å². The number of benzene rings is 1. The van der Waals surface area contributed by atoms with Crippen LogP contribution < -0.4 is 10.6 Å². The Morgan fingerprint density at radius 1 is 1.25 bits per heavy atom. The van der Waals surface area contributed by atoms with Gasteiger partial charge in [0.25, 0.3) is 5.91 Å². The second-order valence-corrected chi connectivity index (χ2v) is 12.8. The molecule has 2 heterocycles. The molecular weight excluding hydrogens is 538 g/mol. The number of aliphatic hydroxyl groups excluding tert-OH is 1. The number of aromatic nitrogens is 1. The fourth-order valence-electron chi connectivity index (χ4n) is 5.15. The number of alkyl halides is 2. The highest BCUT2D eigenvalue weighted by molar-refractivity contribution is 7.13. The van der Waals surface area contributed by atoms with Crippen LogP contribution in [0.5, 0.6) is 0 Å². The number of nitrogens with zero attached hydrogens (tertiary/aromatic N) is 2. The van der Waals surface area contributed by atoms with E-state index in [-0.39, 0.29) is 12.8 Å². The first-order valence-corrected chi connectivity index (χ1v) is 14.5. The van der Waals surface area contributed by atoms with Crippen LogP contribution in [0.1, 0.15) is 70.3 Å². The maximum absolute atomic E-state index is 15.3. The van der Waals surface area contributed by atoms with Crippen molar-refractivity contribution in [1.82, 2.24) is 20.5 Å². The van der Waals surface area contributed by atoms with Gasteiger partial charge < -0.3 is 20.6 Å². The van der Waals surface area contributed by atoms with Gasteiger partial charge in [0, 0.05) is 0 Å². The van der Waals surface area contributed by atoms with Crippen LogP contribution in [0.2, 0.25) is 0 Å². The Morgan fingerprint density at radius 2 is 1.93 bits per heavy atom. The van der Waals surface area contributed by atoms with E-state index in [1.54, 1.807) is 44.5 Å². The highest BCUT2D eigenvalue weighted by Gasteiger charge is 2.54. The van der Waals surface area contributed by atoms with E-state index in [0.29, 0.717) is 6.42 Å². The molecule has 1 aromatic heterocycles. The Morgan fingerprint density at radius 3 is 2.48 bits per heavy atom. The highest BCUT2D eigenvalue weighted by atomic mass is 32.1. The van der Waals surface area contributed by atoms with E-state index >= 15 is 4.39 Å². The van der Waals surface area contributed by atoms with E-state index in [1.807, 2.05) is 26.0 Å². The molecule has 40 heavy (non-hydrogen) atoms. The van der Waals surface area contributed by atoms with Crippen molar-refractivity contribution in [2.75, 3.05) is 6.54 Å². The molecule has 1 aliphatic heterocycles. The lowest BCUT2D eigenvalue weighted by atomic mass is 9.85. The summed E-state index contributed by atoms with van der Waals surface area (Å²) in [6, 6.07) is 2.61. The predicted octanol–water partition coefficient (Wildman–Crippen LogP) is 3.80. The molecule has 1 saturated carbocycles. The lowest BCUT2D eigenvalue weighted by Gasteiger charge is -2.36. The molecule has 2 aliphatic rings. The summed E-state index contributed by atoms with van der Waals surface area (Å²) in [7, 11) is 0. The fraction of sp³-hybridized carbons (Fsp3) is 0.586. The van der Waals surface area contributed by atoms with Crippen molar-refractivity contribution in [3.05, 3.63) is 40.5 Å². The number of carbonyl (C=O) groups is 3. The summed E-state index contributed by atoms with van der Waals surface area (Å²) in [4.78, 5) is 45.9. The SMILES string of the molecule is CCc1cc(-c2scnc2C)ccc1[C@H](C)NC(=O)[C@@H]1[C@@H](F)[C@@H](O)CN1C(=O)[C@@H](NC(=O)C1(F)CC1)C(C)(C)C. The Labute approximate surface area is 237 Å². The molecule has 1 saturated heterocycles. The molecule has 0 spiro atoms. The number of likely N-dealkylation sites (tertiary alicyclic amines) is 1. The van der Waals surface area contributed by atoms with E-state index in [9.17, 15) is 23.9 Å². The average molecular weight is 577 g/mol. The van der Waals surface area contributed by atoms with E-state index < -0.39 is 65.8 Å². The summed E-state index contributed by atoms with van der Waals surface area (Å²) in [5, 5.41) is 15.6. The topological polar surface area (TPSA) is 112 Å². The number of hydrogen-bond donors (Lipinski definition) is 3. The van der Waals surface area contributed by atoms with Gasteiger partial charge in [0.05, 0.1) is 28.7 Å². The van der Waals surface area contributed by atoms with Gasteiger partial charge in [-0.2, -0.15) is 0 Å². The minimum atomic E-state index is -2.02. The van der Waals surface area contributed by atoms with Crippen molar-refractivity contribution in [3.8, 4) is 10.4 Å². The second-order valence-electron chi connectivity index (χ2n) is 11.9. The Bertz CT molecular complexity index is 1290. The number of nitrogens with one attached hydrogen (secondary N) is 2. The van der Waals surface area contributed by atoms with Crippen molar-refractivity contribution in [1.29, 1.82) is 0 Å². The molecule has 1 aromatic carbocycles. The van der Waals surface area contributed by atoms with Gasteiger partial charge >= 0.3 is 0 Å². The number of thiazole rings is 1. The quantitative estimate of drug-likeness (QED) is 0.443. The van der Waals surface area contributed by atoms with Gasteiger partial charge in [0.1, 0.15) is 18.2 Å². The molecule has 2 aromatic rings. The molecule has 0 unspecified atom stereocenters. The maximum Gasteiger partial charge on any atom is 0.258 e. The van der Waals surface area contributed by atoms with Crippen molar-refractivity contribution in [2.24, 2.45) is 5.41 Å². The van der Waals surface area contributed by atoms with Crippen LogP contribution in [-0.4, -0.2) is 69.3 Å². The lowest BCUT2D eigenvalue weighted by molar-refractivity contribution is -0.145. The minimum absolute atomic E-state index is 0.0757. The zero-order valence-electron chi connectivity index (χ0n) is 23.8. The van der Waals surface area contributed by atoms with E-state index in [1.165, 1.54) is 0 Å². The van der Waals surface area contributed by atoms with Gasteiger partial charge in [-0.1, -0.05) is 39.8 Å². The number of aliphatic hydroxyl groups is 1. The van der Waals surface area contributed by atoms with Crippen LogP contribution in [0, 0.1) is 12.3 Å². The Kier molecular flexibility index (Phi) is 8.38. The standard InChI is InChI=1S/C29H38F2N4O4S/c1-7-17-12-18(23-16(3)32-14-40-23)8-9-19(17)15(2)33-25(37)22-21(30)20(36)13-35(22)26(38)24(28(4,5)6)34-27(39)29(31)10-11-29/h8-9,12,14-15,20-22,24,36H,7,10-11,13H2,1-6H3,(H,33,37)(H,34,39)/t15-,20-,21-,22-,24+/m0/s1. The number of β-amino-alcohol motifs (C(OH)–C–C–N with tert-alkyl or cyclic N) is 1. The summed E-state index contributed by atoms with van der Waals surface area (Å²) in [6.07, 6.45) is -2.75. The summed E-state index contributed by atoms with van der Waals surface area (Å²) in [5.74, 6) is -2.39. The van der Waals surface area contributed by atoms with Gasteiger partial charge in [0.2, 0.25) is 11.8 Å². The molecule has 8 nitrogen and oxygen atoms in total. The van der Waals surface area contributed by atoms with Crippen LogP contribution in [0.25, 0.3) is 10.4 Å². The van der Waals surface area contributed by atoms with Crippen LogP contribution in [0.4, 0.5) is 8.78 Å². The van der Waals surface area contributed by atoms with E-state index in [4.69, 9.17) is 0 Å². The van der Waals surface area contributed by atoms with Gasteiger partial charge in [-0.15, -0.1) is 11.3 Å². The molecule has 1 aliphatic carbocycles. The lowest BCUT2D eigenvalue weighted by Crippen LogP contribution is -2.59. The molecule has 11 heteroatoms. The van der Waals surface area contributed by atoms with Crippen molar-refractivity contribution in [3.63, 3.8) is 0 Å². The number of halogens is 2. The van der Waals surface area contributed by atoms with E-state index in [2.05, 4.69) is 21.7 Å². The first kappa shape index (κ1) is 30.0. The van der Waals surface area contributed by atoms with Crippen LogP contribution >= 0.6 is 11.3 Å². The van der Waals surface area contributed by atoms with Gasteiger partial charge in [-0.05, 0) is 61.3 Å². The smallest absolute Gasteiger partial charge is 0.258 e. The second kappa shape index (κ2) is 11.2. The normalized spacial score (nSPS) is 23.4. The summed E-state index contributed by atoms with van der Waals surface area (Å²) in [6.45, 7) is 10.4. The van der Waals surface area contributed by atoms with Crippen LogP contribution in [-0.2, 0) is 20.8 Å². The molecule has 3 amide bonds. The number of rotatable bonds is 8. The Hall–Kier alpha value is -2.92. The molecule has 0 bridgehead atoms. The fourth-order valence-corrected chi connectivity index (χ4v) is 5.96. The first-order valence-electron chi connectivity index (χ1n) is 13.6. The van der Waals surface area contributed by atoms with Crippen molar-refractivity contribution < 1.29 is 28.3 Å².